The third-order valence-electron chi connectivity index (χ3n) is 3.16. The molecule has 0 spiro atoms. The van der Waals surface area contributed by atoms with Crippen molar-refractivity contribution in [2.75, 3.05) is 0 Å². The molecule has 0 heteroatoms. The monoisotopic (exact) mass is 202 g/mol. The van der Waals surface area contributed by atoms with E-state index in [0.717, 1.165) is 18.3 Å². The Morgan fingerprint density at radius 1 is 1.47 bits per heavy atom. The van der Waals surface area contributed by atoms with Crippen molar-refractivity contribution < 1.29 is 0 Å². The minimum atomic E-state index is 0.804. The van der Waals surface area contributed by atoms with Crippen LogP contribution in [0.5, 0.6) is 0 Å². The van der Waals surface area contributed by atoms with Crippen LogP contribution >= 0.6 is 0 Å². The summed E-state index contributed by atoms with van der Waals surface area (Å²) in [5.41, 5.74) is 1.32. The highest BCUT2D eigenvalue weighted by molar-refractivity contribution is 5.29. The van der Waals surface area contributed by atoms with E-state index < -0.39 is 0 Å². The summed E-state index contributed by atoms with van der Waals surface area (Å²) in [5, 5.41) is 0. The predicted molar refractivity (Wildman–Crippen MR) is 67.5 cm³/mol. The summed E-state index contributed by atoms with van der Waals surface area (Å²) in [6.45, 7) is 8.13. The molecule has 0 amide bonds. The molecule has 1 aliphatic carbocycles. The Labute approximate surface area is 94.5 Å². The largest absolute Gasteiger partial charge is 0.102 e. The van der Waals surface area contributed by atoms with Crippen molar-refractivity contribution in [2.24, 2.45) is 11.8 Å². The van der Waals surface area contributed by atoms with Crippen LogP contribution in [0.25, 0.3) is 0 Å². The molecule has 15 heavy (non-hydrogen) atoms. The third kappa shape index (κ3) is 4.38. The fourth-order valence-corrected chi connectivity index (χ4v) is 2.30. The molecule has 0 bridgehead atoms. The zero-order valence-electron chi connectivity index (χ0n) is 10.1. The van der Waals surface area contributed by atoms with E-state index in [0.29, 0.717) is 0 Å². The Morgan fingerprint density at radius 3 is 2.80 bits per heavy atom. The molecular formula is C15H22. The van der Waals surface area contributed by atoms with E-state index in [2.05, 4.69) is 38.3 Å². The Hall–Kier alpha value is -0.960. The van der Waals surface area contributed by atoms with E-state index in [1.54, 1.807) is 0 Å². The first kappa shape index (κ1) is 12.1. The number of allylic oxidation sites excluding steroid dienone is 3. The van der Waals surface area contributed by atoms with E-state index >= 15 is 0 Å². The molecular weight excluding hydrogens is 180 g/mol. The van der Waals surface area contributed by atoms with Crippen molar-refractivity contribution in [3.8, 4) is 11.8 Å². The first-order chi connectivity index (χ1) is 7.26. The number of rotatable bonds is 3. The molecule has 0 aliphatic heterocycles. The molecule has 1 fully saturated rings. The van der Waals surface area contributed by atoms with Gasteiger partial charge in [-0.2, -0.15) is 0 Å². The molecule has 0 saturated heterocycles. The maximum atomic E-state index is 3.67. The van der Waals surface area contributed by atoms with Crippen LogP contribution < -0.4 is 0 Å². The zero-order valence-corrected chi connectivity index (χ0v) is 10.1. The van der Waals surface area contributed by atoms with Crippen LogP contribution in [0.4, 0.5) is 0 Å². The Morgan fingerprint density at radius 2 is 2.27 bits per heavy atom. The van der Waals surface area contributed by atoms with Crippen molar-refractivity contribution in [2.45, 2.75) is 46.0 Å². The van der Waals surface area contributed by atoms with Gasteiger partial charge in [-0.3, -0.25) is 0 Å². The molecule has 0 aromatic carbocycles. The lowest BCUT2D eigenvalue weighted by Crippen LogP contribution is -1.96. The van der Waals surface area contributed by atoms with Crippen LogP contribution in [0, 0.1) is 23.7 Å². The van der Waals surface area contributed by atoms with Crippen LogP contribution in [-0.4, -0.2) is 0 Å². The van der Waals surface area contributed by atoms with Gasteiger partial charge in [-0.25, -0.2) is 0 Å². The SMILES string of the molecule is C=CCC#C/C(=C\C)CC1CCC(C)C1. The molecule has 0 radical (unpaired) electrons. The van der Waals surface area contributed by atoms with Crippen molar-refractivity contribution in [3.05, 3.63) is 24.3 Å². The first-order valence-electron chi connectivity index (χ1n) is 6.01. The second kappa shape index (κ2) is 6.51. The summed E-state index contributed by atoms with van der Waals surface area (Å²) < 4.78 is 0. The van der Waals surface area contributed by atoms with Crippen LogP contribution in [0.3, 0.4) is 0 Å². The minimum Gasteiger partial charge on any atom is -0.102 e. The highest BCUT2D eigenvalue weighted by atomic mass is 14.3. The van der Waals surface area contributed by atoms with Crippen molar-refractivity contribution in [1.29, 1.82) is 0 Å². The third-order valence-corrected chi connectivity index (χ3v) is 3.16. The van der Waals surface area contributed by atoms with Gasteiger partial charge in [-0.15, -0.1) is 6.58 Å². The van der Waals surface area contributed by atoms with Gasteiger partial charge in [0.25, 0.3) is 0 Å². The zero-order chi connectivity index (χ0) is 11.1. The summed E-state index contributed by atoms with van der Waals surface area (Å²) in [4.78, 5) is 0. The van der Waals surface area contributed by atoms with Gasteiger partial charge in [0.2, 0.25) is 0 Å². The predicted octanol–water partition coefficient (Wildman–Crippen LogP) is 4.34. The molecule has 0 heterocycles. The van der Waals surface area contributed by atoms with Gasteiger partial charge >= 0.3 is 0 Å². The highest BCUT2D eigenvalue weighted by Crippen LogP contribution is 2.34. The molecule has 1 saturated carbocycles. The van der Waals surface area contributed by atoms with Crippen molar-refractivity contribution in [3.63, 3.8) is 0 Å². The number of hydrogen-bond acceptors (Lipinski definition) is 0. The van der Waals surface area contributed by atoms with Crippen molar-refractivity contribution >= 4 is 0 Å². The maximum absolute atomic E-state index is 3.67. The minimum absolute atomic E-state index is 0.804. The molecule has 1 aliphatic rings. The Kier molecular flexibility index (Phi) is 5.26. The smallest absolute Gasteiger partial charge is 0.0270 e. The topological polar surface area (TPSA) is 0 Å². The molecule has 1 rings (SSSR count). The van der Waals surface area contributed by atoms with E-state index in [9.17, 15) is 0 Å². The maximum Gasteiger partial charge on any atom is 0.0270 e. The molecule has 0 nitrogen and oxygen atoms in total. The summed E-state index contributed by atoms with van der Waals surface area (Å²) in [5.74, 6) is 8.19. The molecule has 2 atom stereocenters. The van der Waals surface area contributed by atoms with Gasteiger partial charge in [0.1, 0.15) is 0 Å². The molecule has 2 unspecified atom stereocenters. The summed E-state index contributed by atoms with van der Waals surface area (Å²) >= 11 is 0. The van der Waals surface area contributed by atoms with Gasteiger partial charge in [-0.05, 0) is 43.6 Å². The van der Waals surface area contributed by atoms with Gasteiger partial charge in [0.05, 0.1) is 0 Å². The standard InChI is InChI=1S/C15H22/c1-4-6-7-8-14(5-2)12-15-10-9-13(3)11-15/h4-5,13,15H,1,6,9-12H2,2-3H3/b14-5+. The van der Waals surface area contributed by atoms with Gasteiger partial charge in [0, 0.05) is 6.42 Å². The second-order valence-corrected chi connectivity index (χ2v) is 4.60. The molecule has 82 valence electrons. The second-order valence-electron chi connectivity index (χ2n) is 4.60. The lowest BCUT2D eigenvalue weighted by Gasteiger charge is -2.08. The van der Waals surface area contributed by atoms with Gasteiger partial charge in [0.15, 0.2) is 0 Å². The van der Waals surface area contributed by atoms with Crippen LogP contribution in [0.2, 0.25) is 0 Å². The van der Waals surface area contributed by atoms with E-state index in [1.807, 2.05) is 6.08 Å². The molecule has 0 N–H and O–H groups in total. The summed E-state index contributed by atoms with van der Waals surface area (Å²) in [6.07, 6.45) is 10.2. The normalized spacial score (nSPS) is 25.9. The van der Waals surface area contributed by atoms with Gasteiger partial charge < -0.3 is 0 Å². The fraction of sp³-hybridized carbons (Fsp3) is 0.600. The average Bonchev–Trinajstić information content (AvgIpc) is 2.63. The average molecular weight is 202 g/mol. The quantitative estimate of drug-likeness (QED) is 0.472. The van der Waals surface area contributed by atoms with E-state index in [1.165, 1.54) is 31.3 Å². The lowest BCUT2D eigenvalue weighted by molar-refractivity contribution is 0.515. The lowest BCUT2D eigenvalue weighted by atomic mass is 9.97. The highest BCUT2D eigenvalue weighted by Gasteiger charge is 2.21. The van der Waals surface area contributed by atoms with Crippen LogP contribution in [0.1, 0.15) is 46.0 Å². The number of hydrogen-bond donors (Lipinski definition) is 0. The summed E-state index contributed by atoms with van der Waals surface area (Å²) in [6, 6.07) is 0. The molecule has 0 aromatic heterocycles. The van der Waals surface area contributed by atoms with E-state index in [4.69, 9.17) is 0 Å². The fourth-order valence-electron chi connectivity index (χ4n) is 2.30. The Bertz CT molecular complexity index is 285. The first-order valence-corrected chi connectivity index (χ1v) is 6.01. The summed E-state index contributed by atoms with van der Waals surface area (Å²) in [7, 11) is 0. The van der Waals surface area contributed by atoms with Crippen LogP contribution in [0.15, 0.2) is 24.3 Å². The van der Waals surface area contributed by atoms with Crippen molar-refractivity contribution in [1.82, 2.24) is 0 Å². The van der Waals surface area contributed by atoms with Crippen LogP contribution in [-0.2, 0) is 0 Å². The Balaban J connectivity index is 2.42. The van der Waals surface area contributed by atoms with E-state index in [-0.39, 0.29) is 0 Å². The van der Waals surface area contributed by atoms with Gasteiger partial charge in [-0.1, -0.05) is 37.3 Å². The molecule has 0 aromatic rings.